The monoisotopic (exact) mass is 337 g/mol. The highest BCUT2D eigenvalue weighted by Gasteiger charge is 2.43. The quantitative estimate of drug-likeness (QED) is 0.449. The molecule has 23 heavy (non-hydrogen) atoms. The number of piperidine rings is 1. The first-order valence-electron chi connectivity index (χ1n) is 7.47. The second-order valence-electron chi connectivity index (χ2n) is 5.28. The third kappa shape index (κ3) is 4.63. The van der Waals surface area contributed by atoms with Crippen LogP contribution in [0.1, 0.15) is 24.8 Å². The summed E-state index contributed by atoms with van der Waals surface area (Å²) in [6.07, 6.45) is 1.01. The van der Waals surface area contributed by atoms with Crippen LogP contribution in [0.5, 0.6) is 0 Å². The highest BCUT2D eigenvalue weighted by Crippen LogP contribution is 2.51. The van der Waals surface area contributed by atoms with E-state index in [9.17, 15) is 14.6 Å². The molecule has 1 saturated heterocycles. The van der Waals surface area contributed by atoms with Crippen LogP contribution in [-0.2, 0) is 20.4 Å². The van der Waals surface area contributed by atoms with Crippen molar-refractivity contribution >= 4 is 13.4 Å². The van der Waals surface area contributed by atoms with E-state index in [0.717, 1.165) is 5.56 Å². The lowest BCUT2D eigenvalue weighted by Gasteiger charge is -2.32. The van der Waals surface area contributed by atoms with Crippen molar-refractivity contribution in [2.45, 2.75) is 31.5 Å². The van der Waals surface area contributed by atoms with Gasteiger partial charge in [0.25, 0.3) is 13.4 Å². The molecule has 1 aliphatic heterocycles. The molecule has 1 aromatic carbocycles. The summed E-state index contributed by atoms with van der Waals surface area (Å²) < 4.78 is 18.6. The number of hydroxylamine groups is 2. The number of hydrogen-bond donors (Lipinski definition) is 2. The van der Waals surface area contributed by atoms with Crippen LogP contribution < -0.4 is 5.09 Å². The zero-order valence-corrected chi connectivity index (χ0v) is 13.6. The molecule has 0 spiro atoms. The van der Waals surface area contributed by atoms with E-state index in [2.05, 4.69) is 5.09 Å². The van der Waals surface area contributed by atoms with Gasteiger partial charge in [0, 0.05) is 13.1 Å². The second kappa shape index (κ2) is 8.23. The summed E-state index contributed by atoms with van der Waals surface area (Å²) in [7, 11) is -3.54. The molecule has 8 heteroatoms. The summed E-state index contributed by atoms with van der Waals surface area (Å²) >= 11 is 0. The number of rotatable bonds is 7. The van der Waals surface area contributed by atoms with Crippen LogP contribution in [0.2, 0.25) is 0 Å². The van der Waals surface area contributed by atoms with E-state index < -0.39 is 19.1 Å². The van der Waals surface area contributed by atoms with Crippen molar-refractivity contribution < 1.29 is 19.1 Å². The molecule has 2 N–H and O–H groups in total. The van der Waals surface area contributed by atoms with Gasteiger partial charge in [-0.2, -0.15) is 5.26 Å². The van der Waals surface area contributed by atoms with Crippen molar-refractivity contribution in [3.63, 3.8) is 0 Å². The van der Waals surface area contributed by atoms with E-state index in [0.29, 0.717) is 17.9 Å². The maximum atomic E-state index is 13.2. The molecule has 124 valence electrons. The number of benzene rings is 1. The van der Waals surface area contributed by atoms with E-state index in [1.54, 1.807) is 0 Å². The molecule has 7 nitrogen and oxygen atoms in total. The number of hydrogen-bond acceptors (Lipinski definition) is 5. The average Bonchev–Trinajstić information content (AvgIpc) is 2.57. The molecule has 1 amide bonds. The summed E-state index contributed by atoms with van der Waals surface area (Å²) in [6.45, 7) is 0.483. The van der Waals surface area contributed by atoms with Crippen molar-refractivity contribution in [3.8, 4) is 6.07 Å². The van der Waals surface area contributed by atoms with Gasteiger partial charge < -0.3 is 4.52 Å². The Morgan fingerprint density at radius 3 is 2.87 bits per heavy atom. The van der Waals surface area contributed by atoms with Crippen molar-refractivity contribution in [3.05, 3.63) is 35.9 Å². The minimum absolute atomic E-state index is 0.0230. The summed E-state index contributed by atoms with van der Waals surface area (Å²) in [6, 6.07) is 11.3. The third-order valence-electron chi connectivity index (χ3n) is 3.64. The molecule has 1 heterocycles. The number of carbonyl (C=O) groups excluding carboxylic acids is 1. The van der Waals surface area contributed by atoms with Crippen molar-refractivity contribution in [2.24, 2.45) is 0 Å². The van der Waals surface area contributed by atoms with E-state index >= 15 is 0 Å². The molecule has 1 aromatic rings. The maximum absolute atomic E-state index is 13.2. The standard InChI is InChI=1S/C15H20N3O4P/c16-9-5-11-22-23(21,14-8-4-10-18(20)15(14)19)17-12-13-6-2-1-3-7-13/h1-3,6-7,14,20H,4-5,8,10-12H2,(H,17,21). The van der Waals surface area contributed by atoms with E-state index in [1.807, 2.05) is 36.4 Å². The molecule has 2 atom stereocenters. The lowest BCUT2D eigenvalue weighted by Crippen LogP contribution is -2.44. The molecule has 1 aliphatic rings. The predicted molar refractivity (Wildman–Crippen MR) is 83.6 cm³/mol. The second-order valence-corrected chi connectivity index (χ2v) is 7.67. The number of amides is 1. The van der Waals surface area contributed by atoms with Gasteiger partial charge in [-0.05, 0) is 18.4 Å². The first-order valence-corrected chi connectivity index (χ1v) is 9.17. The van der Waals surface area contributed by atoms with Gasteiger partial charge in [0.1, 0.15) is 5.66 Å². The molecule has 0 radical (unpaired) electrons. The van der Waals surface area contributed by atoms with Gasteiger partial charge in [-0.1, -0.05) is 30.3 Å². The van der Waals surface area contributed by atoms with Gasteiger partial charge >= 0.3 is 0 Å². The summed E-state index contributed by atoms with van der Waals surface area (Å²) in [5.41, 5.74) is -0.0237. The predicted octanol–water partition coefficient (Wildman–Crippen LogP) is 2.28. The van der Waals surface area contributed by atoms with Crippen LogP contribution in [-0.4, -0.2) is 35.0 Å². The normalized spacial score (nSPS) is 20.8. The fraction of sp³-hybridized carbons (Fsp3) is 0.467. The highest BCUT2D eigenvalue weighted by atomic mass is 31.2. The maximum Gasteiger partial charge on any atom is 0.282 e. The number of nitrogens with zero attached hydrogens (tertiary/aromatic N) is 2. The lowest BCUT2D eigenvalue weighted by atomic mass is 10.1. The summed E-state index contributed by atoms with van der Waals surface area (Å²) in [5.74, 6) is -0.600. The van der Waals surface area contributed by atoms with Crippen LogP contribution in [0.15, 0.2) is 30.3 Å². The van der Waals surface area contributed by atoms with Gasteiger partial charge in [0.05, 0.1) is 19.1 Å². The van der Waals surface area contributed by atoms with Crippen molar-refractivity contribution in [1.82, 2.24) is 10.2 Å². The molecule has 0 aliphatic carbocycles. The van der Waals surface area contributed by atoms with Gasteiger partial charge in [0.2, 0.25) is 0 Å². The minimum Gasteiger partial charge on any atom is -0.316 e. The van der Waals surface area contributed by atoms with Gasteiger partial charge in [-0.25, -0.2) is 10.2 Å². The van der Waals surface area contributed by atoms with Crippen molar-refractivity contribution in [2.75, 3.05) is 13.2 Å². The van der Waals surface area contributed by atoms with Crippen LogP contribution in [0.4, 0.5) is 0 Å². The zero-order valence-electron chi connectivity index (χ0n) is 12.7. The Morgan fingerprint density at radius 1 is 1.43 bits per heavy atom. The summed E-state index contributed by atoms with van der Waals surface area (Å²) in [4.78, 5) is 12.1. The lowest BCUT2D eigenvalue weighted by molar-refractivity contribution is -0.169. The van der Waals surface area contributed by atoms with E-state index in [1.165, 1.54) is 0 Å². The zero-order chi connectivity index (χ0) is 16.7. The summed E-state index contributed by atoms with van der Waals surface area (Å²) in [5, 5.41) is 21.7. The molecule has 1 fully saturated rings. The smallest absolute Gasteiger partial charge is 0.282 e. The Morgan fingerprint density at radius 2 is 2.17 bits per heavy atom. The number of carbonyl (C=O) groups is 1. The molecular formula is C15H20N3O4P. The fourth-order valence-corrected chi connectivity index (χ4v) is 4.63. The first kappa shape index (κ1) is 17.6. The topological polar surface area (TPSA) is 103 Å². The molecule has 2 rings (SSSR count). The fourth-order valence-electron chi connectivity index (χ4n) is 2.43. The number of nitrogens with one attached hydrogen (secondary N) is 1. The molecule has 2 unspecified atom stereocenters. The van der Waals surface area contributed by atoms with Crippen LogP contribution >= 0.6 is 7.52 Å². The first-order chi connectivity index (χ1) is 11.1. The van der Waals surface area contributed by atoms with Gasteiger partial charge in [-0.15, -0.1) is 0 Å². The molecule has 0 saturated carbocycles. The minimum atomic E-state index is -3.54. The Balaban J connectivity index is 2.12. The molecular weight excluding hydrogens is 317 g/mol. The Labute approximate surface area is 135 Å². The van der Waals surface area contributed by atoms with Crippen molar-refractivity contribution in [1.29, 1.82) is 5.26 Å². The SMILES string of the molecule is N#CCCOP(=O)(NCc1ccccc1)C1CCCN(O)C1=O. The van der Waals surface area contributed by atoms with E-state index in [4.69, 9.17) is 9.79 Å². The molecule has 0 aromatic heterocycles. The Hall–Kier alpha value is -1.71. The van der Waals surface area contributed by atoms with Crippen LogP contribution in [0, 0.1) is 11.3 Å². The molecule has 0 bridgehead atoms. The van der Waals surface area contributed by atoms with E-state index in [-0.39, 0.29) is 26.1 Å². The Kier molecular flexibility index (Phi) is 6.31. The van der Waals surface area contributed by atoms with Gasteiger partial charge in [0.15, 0.2) is 0 Å². The Bertz CT molecular complexity index is 617. The largest absolute Gasteiger partial charge is 0.316 e. The third-order valence-corrected chi connectivity index (χ3v) is 6.11. The number of nitriles is 1. The highest BCUT2D eigenvalue weighted by molar-refractivity contribution is 7.58. The van der Waals surface area contributed by atoms with Crippen LogP contribution in [0.3, 0.4) is 0 Å². The van der Waals surface area contributed by atoms with Crippen LogP contribution in [0.25, 0.3) is 0 Å². The van der Waals surface area contributed by atoms with Gasteiger partial charge in [-0.3, -0.25) is 14.6 Å². The average molecular weight is 337 g/mol.